The second kappa shape index (κ2) is 7.56. The Morgan fingerprint density at radius 1 is 1.37 bits per heavy atom. The molecule has 1 aromatic rings. The molecule has 1 atom stereocenters. The van der Waals surface area contributed by atoms with Crippen LogP contribution in [0.25, 0.3) is 0 Å². The maximum atomic E-state index is 11.6. The summed E-state index contributed by atoms with van der Waals surface area (Å²) in [6.07, 6.45) is 1.22. The fourth-order valence-corrected chi connectivity index (χ4v) is 1.87. The van der Waals surface area contributed by atoms with Crippen LogP contribution < -0.4 is 5.32 Å². The molecule has 0 aliphatic heterocycles. The number of hydrogen-bond acceptors (Lipinski definition) is 2. The first kappa shape index (κ1) is 15.2. The number of carbonyl (C=O) groups excluding carboxylic acids is 1. The van der Waals surface area contributed by atoms with Crippen molar-refractivity contribution in [1.82, 2.24) is 5.32 Å². The molecule has 0 heterocycles. The summed E-state index contributed by atoms with van der Waals surface area (Å²) in [5.41, 5.74) is 2.33. The molecule has 104 valence electrons. The number of nitrogens with one attached hydrogen (secondary N) is 1. The number of carboxylic acids is 1. The molecule has 0 aliphatic carbocycles. The van der Waals surface area contributed by atoms with Crippen LogP contribution >= 0.6 is 0 Å². The fourth-order valence-electron chi connectivity index (χ4n) is 1.87. The van der Waals surface area contributed by atoms with E-state index in [2.05, 4.69) is 11.4 Å². The maximum Gasteiger partial charge on any atom is 0.303 e. The number of carbonyl (C=O) groups is 2. The first-order valence-corrected chi connectivity index (χ1v) is 6.51. The van der Waals surface area contributed by atoms with Crippen molar-refractivity contribution in [1.29, 1.82) is 0 Å². The van der Waals surface area contributed by atoms with Gasteiger partial charge in [0.1, 0.15) is 0 Å². The lowest BCUT2D eigenvalue weighted by molar-refractivity contribution is -0.138. The topological polar surface area (TPSA) is 66.4 Å². The van der Waals surface area contributed by atoms with Crippen LogP contribution in [0.1, 0.15) is 30.9 Å². The first-order valence-electron chi connectivity index (χ1n) is 6.51. The number of aryl methyl sites for hydroxylation is 2. The highest BCUT2D eigenvalue weighted by Gasteiger charge is 2.09. The van der Waals surface area contributed by atoms with Crippen molar-refractivity contribution >= 4 is 11.9 Å². The Balaban J connectivity index is 2.26. The molecule has 1 rings (SSSR count). The van der Waals surface area contributed by atoms with Crippen LogP contribution in [0, 0.1) is 12.8 Å². The van der Waals surface area contributed by atoms with Crippen molar-refractivity contribution < 1.29 is 14.7 Å². The van der Waals surface area contributed by atoms with Gasteiger partial charge in [0.25, 0.3) is 0 Å². The van der Waals surface area contributed by atoms with E-state index in [4.69, 9.17) is 5.11 Å². The zero-order chi connectivity index (χ0) is 14.3. The largest absolute Gasteiger partial charge is 0.481 e. The smallest absolute Gasteiger partial charge is 0.303 e. The van der Waals surface area contributed by atoms with E-state index in [1.54, 1.807) is 0 Å². The maximum absolute atomic E-state index is 11.6. The normalized spacial score (nSPS) is 11.9. The van der Waals surface area contributed by atoms with E-state index >= 15 is 0 Å². The molecule has 0 spiro atoms. The number of aliphatic carboxylic acids is 1. The number of benzene rings is 1. The number of hydrogen-bond donors (Lipinski definition) is 2. The molecule has 0 fully saturated rings. The second-order valence-corrected chi connectivity index (χ2v) is 5.00. The van der Waals surface area contributed by atoms with Crippen molar-refractivity contribution in [2.75, 3.05) is 6.54 Å². The second-order valence-electron chi connectivity index (χ2n) is 5.00. The predicted octanol–water partition coefficient (Wildman–Crippen LogP) is 2.15. The molecule has 0 bridgehead atoms. The number of rotatable bonds is 7. The lowest BCUT2D eigenvalue weighted by Crippen LogP contribution is -2.29. The summed E-state index contributed by atoms with van der Waals surface area (Å²) in [6.45, 7) is 4.26. The van der Waals surface area contributed by atoms with Crippen LogP contribution in [0.5, 0.6) is 0 Å². The molecule has 0 radical (unpaired) electrons. The molecule has 1 aromatic carbocycles. The van der Waals surface area contributed by atoms with Gasteiger partial charge in [0.15, 0.2) is 0 Å². The van der Waals surface area contributed by atoms with Gasteiger partial charge >= 0.3 is 5.97 Å². The van der Waals surface area contributed by atoms with Gasteiger partial charge in [-0.3, -0.25) is 9.59 Å². The predicted molar refractivity (Wildman–Crippen MR) is 73.9 cm³/mol. The van der Waals surface area contributed by atoms with Gasteiger partial charge in [-0.15, -0.1) is 0 Å². The molecule has 19 heavy (non-hydrogen) atoms. The van der Waals surface area contributed by atoms with Crippen molar-refractivity contribution in [3.8, 4) is 0 Å². The summed E-state index contributed by atoms with van der Waals surface area (Å²) in [6, 6.07) is 8.09. The van der Waals surface area contributed by atoms with Crippen molar-refractivity contribution in [2.24, 2.45) is 5.92 Å². The highest BCUT2D eigenvalue weighted by Crippen LogP contribution is 2.06. The average molecular weight is 263 g/mol. The Hall–Kier alpha value is -1.84. The molecule has 0 aliphatic rings. The third-order valence-electron chi connectivity index (χ3n) is 2.89. The average Bonchev–Trinajstić information content (AvgIpc) is 2.33. The van der Waals surface area contributed by atoms with E-state index in [-0.39, 0.29) is 18.2 Å². The molecule has 1 amide bonds. The summed E-state index contributed by atoms with van der Waals surface area (Å²) < 4.78 is 0. The van der Waals surface area contributed by atoms with Gasteiger partial charge in [-0.05, 0) is 24.8 Å². The summed E-state index contributed by atoms with van der Waals surface area (Å²) >= 11 is 0. The van der Waals surface area contributed by atoms with Crippen molar-refractivity contribution in [3.05, 3.63) is 35.4 Å². The van der Waals surface area contributed by atoms with E-state index < -0.39 is 5.97 Å². The Bertz CT molecular complexity index is 443. The lowest BCUT2D eigenvalue weighted by atomic mass is 10.1. The molecular formula is C15H21NO3. The van der Waals surface area contributed by atoms with E-state index in [9.17, 15) is 9.59 Å². The Morgan fingerprint density at radius 3 is 2.74 bits per heavy atom. The fraction of sp³-hybridized carbons (Fsp3) is 0.467. The van der Waals surface area contributed by atoms with Gasteiger partial charge < -0.3 is 10.4 Å². The number of carboxylic acid groups (broad SMARTS) is 1. The molecule has 1 unspecified atom stereocenters. The minimum absolute atomic E-state index is 0.0289. The quantitative estimate of drug-likeness (QED) is 0.792. The Morgan fingerprint density at radius 2 is 2.11 bits per heavy atom. The van der Waals surface area contributed by atoms with Gasteiger partial charge in [-0.1, -0.05) is 36.8 Å². The molecule has 2 N–H and O–H groups in total. The van der Waals surface area contributed by atoms with Crippen LogP contribution in [-0.2, 0) is 16.0 Å². The zero-order valence-corrected chi connectivity index (χ0v) is 11.5. The lowest BCUT2D eigenvalue weighted by Gasteiger charge is -2.10. The molecule has 4 heteroatoms. The molecule has 0 saturated carbocycles. The molecule has 0 saturated heterocycles. The molecular weight excluding hydrogens is 242 g/mol. The Labute approximate surface area is 113 Å². The monoisotopic (exact) mass is 263 g/mol. The minimum atomic E-state index is -0.832. The first-order chi connectivity index (χ1) is 8.97. The third-order valence-corrected chi connectivity index (χ3v) is 2.89. The summed E-state index contributed by atoms with van der Waals surface area (Å²) in [5.74, 6) is -0.902. The van der Waals surface area contributed by atoms with Gasteiger partial charge in [-0.2, -0.15) is 0 Å². The molecule has 4 nitrogen and oxygen atoms in total. The van der Waals surface area contributed by atoms with Crippen LogP contribution in [0.15, 0.2) is 24.3 Å². The van der Waals surface area contributed by atoms with Gasteiger partial charge in [-0.25, -0.2) is 0 Å². The van der Waals surface area contributed by atoms with Crippen LogP contribution in [0.4, 0.5) is 0 Å². The van der Waals surface area contributed by atoms with Crippen molar-refractivity contribution in [2.45, 2.75) is 33.1 Å². The van der Waals surface area contributed by atoms with Crippen LogP contribution in [0.2, 0.25) is 0 Å². The van der Waals surface area contributed by atoms with E-state index in [1.807, 2.05) is 32.0 Å². The van der Waals surface area contributed by atoms with Gasteiger partial charge in [0, 0.05) is 19.4 Å². The minimum Gasteiger partial charge on any atom is -0.481 e. The van der Waals surface area contributed by atoms with Crippen LogP contribution in [-0.4, -0.2) is 23.5 Å². The Kier molecular flexibility index (Phi) is 6.06. The van der Waals surface area contributed by atoms with E-state index in [1.165, 1.54) is 5.56 Å². The summed E-state index contributed by atoms with van der Waals surface area (Å²) in [5, 5.41) is 11.4. The van der Waals surface area contributed by atoms with Crippen LogP contribution in [0.3, 0.4) is 0 Å². The summed E-state index contributed by atoms with van der Waals surface area (Å²) in [4.78, 5) is 22.1. The molecule has 0 aromatic heterocycles. The number of amides is 1. The highest BCUT2D eigenvalue weighted by atomic mass is 16.4. The van der Waals surface area contributed by atoms with E-state index in [0.717, 1.165) is 5.56 Å². The zero-order valence-electron chi connectivity index (χ0n) is 11.5. The van der Waals surface area contributed by atoms with Gasteiger partial charge in [0.05, 0.1) is 0 Å². The summed E-state index contributed by atoms with van der Waals surface area (Å²) in [7, 11) is 0. The standard InChI is InChI=1S/C15H21NO3/c1-11-4-3-5-13(8-11)6-7-14(17)16-10-12(2)9-15(18)19/h3-5,8,12H,6-7,9-10H2,1-2H3,(H,16,17)(H,18,19). The van der Waals surface area contributed by atoms with Crippen molar-refractivity contribution in [3.63, 3.8) is 0 Å². The third kappa shape index (κ3) is 6.60. The SMILES string of the molecule is Cc1cccc(CCC(=O)NCC(C)CC(=O)O)c1. The van der Waals surface area contributed by atoms with Gasteiger partial charge in [0.2, 0.25) is 5.91 Å². The van der Waals surface area contributed by atoms with E-state index in [0.29, 0.717) is 19.4 Å². The highest BCUT2D eigenvalue weighted by molar-refractivity contribution is 5.76.